The van der Waals surface area contributed by atoms with E-state index in [9.17, 15) is 14.4 Å². The third kappa shape index (κ3) is 4.58. The maximum atomic E-state index is 14.1. The maximum Gasteiger partial charge on any atom is 0.263 e. The Hall–Kier alpha value is -1.86. The van der Waals surface area contributed by atoms with Crippen LogP contribution in [0, 0.1) is 5.82 Å². The smallest absolute Gasteiger partial charge is 0.263 e. The quantitative estimate of drug-likeness (QED) is 0.388. The van der Waals surface area contributed by atoms with E-state index in [-0.39, 0.29) is 5.82 Å². The highest BCUT2D eigenvalue weighted by molar-refractivity contribution is 8.27. The second-order valence-electron chi connectivity index (χ2n) is 7.33. The Bertz CT molecular complexity index is 960. The molecule has 150 valence electrons. The van der Waals surface area contributed by atoms with Gasteiger partial charge in [0, 0.05) is 17.1 Å². The number of amides is 1. The Morgan fingerprint density at radius 3 is 2.39 bits per heavy atom. The predicted octanol–water partition coefficient (Wildman–Crippen LogP) is 3.94. The van der Waals surface area contributed by atoms with Gasteiger partial charge in [-0.2, -0.15) is 0 Å². The van der Waals surface area contributed by atoms with Crippen LogP contribution in [0.5, 0.6) is 0 Å². The van der Waals surface area contributed by atoms with Gasteiger partial charge in [-0.25, -0.2) is 19.1 Å². The molecule has 7 heteroatoms. The van der Waals surface area contributed by atoms with Crippen molar-refractivity contribution in [3.63, 3.8) is 0 Å². The molecule has 0 aromatic heterocycles. The molecule has 1 fully saturated rings. The lowest BCUT2D eigenvalue weighted by atomic mass is 9.91. The monoisotopic (exact) mass is 422 g/mol. The standard InChI is InChI=1S/C21H24ClFN2O2S/c1-28(2)11-9-21(10-12-28,20(26)25-27)24-14-15-3-5-16(6-4-15)18-8-7-17(22)13-19(18)23/h3-8,13,24,27H,1-2,9-12,14H2,(H,25,26). The van der Waals surface area contributed by atoms with E-state index in [0.717, 1.165) is 22.6 Å². The summed E-state index contributed by atoms with van der Waals surface area (Å²) < 4.78 is 14.1. The van der Waals surface area contributed by atoms with E-state index in [4.69, 9.17) is 11.6 Å². The van der Waals surface area contributed by atoms with Gasteiger partial charge in [-0.1, -0.05) is 47.6 Å². The average molecular weight is 423 g/mol. The molecule has 0 radical (unpaired) electrons. The van der Waals surface area contributed by atoms with Crippen molar-refractivity contribution in [2.75, 3.05) is 11.5 Å². The zero-order valence-electron chi connectivity index (χ0n) is 15.5. The van der Waals surface area contributed by atoms with Crippen molar-refractivity contribution < 1.29 is 14.4 Å². The van der Waals surface area contributed by atoms with Crippen LogP contribution in [0.15, 0.2) is 42.5 Å². The first-order valence-corrected chi connectivity index (χ1v) is 11.6. The molecule has 1 saturated heterocycles. The van der Waals surface area contributed by atoms with Crippen molar-refractivity contribution in [1.29, 1.82) is 0 Å². The summed E-state index contributed by atoms with van der Waals surface area (Å²) in [5.41, 5.74) is 3.15. The van der Waals surface area contributed by atoms with E-state index in [1.807, 2.05) is 24.3 Å². The van der Waals surface area contributed by atoms with Gasteiger partial charge in [0.25, 0.3) is 5.91 Å². The Kier molecular flexibility index (Phi) is 6.15. The van der Waals surface area contributed by atoms with Gasteiger partial charge in [0.1, 0.15) is 11.4 Å². The normalized spacial score (nSPS) is 17.8. The highest BCUT2D eigenvalue weighted by Crippen LogP contribution is 2.35. The molecular formula is C21H24ClFN2O2S. The summed E-state index contributed by atoms with van der Waals surface area (Å²) in [5.74, 6) is 9.06. The fourth-order valence-corrected chi connectivity index (χ4v) is 5.32. The van der Waals surface area contributed by atoms with Crippen LogP contribution in [0.4, 0.5) is 4.39 Å². The van der Waals surface area contributed by atoms with Crippen LogP contribution in [0.25, 0.3) is 11.1 Å². The number of halogens is 2. The number of carbonyl (C=O) groups is 1. The van der Waals surface area contributed by atoms with Crippen molar-refractivity contribution in [2.24, 2.45) is 0 Å². The first-order valence-electron chi connectivity index (χ1n) is 8.93. The molecule has 3 N–H and O–H groups in total. The first kappa shape index (κ1) is 20.9. The van der Waals surface area contributed by atoms with Crippen LogP contribution >= 0.6 is 20.8 Å². The van der Waals surface area contributed by atoms with Crippen LogP contribution in [-0.2, 0) is 11.3 Å². The third-order valence-electron chi connectivity index (χ3n) is 5.29. The number of benzene rings is 2. The molecular weight excluding hydrogens is 399 g/mol. The Balaban J connectivity index is 1.73. The minimum Gasteiger partial charge on any atom is -0.299 e. The molecule has 1 amide bonds. The molecule has 4 nitrogen and oxygen atoms in total. The molecule has 1 aliphatic rings. The number of hydroxylamine groups is 1. The van der Waals surface area contributed by atoms with Gasteiger partial charge in [0.2, 0.25) is 0 Å². The lowest BCUT2D eigenvalue weighted by molar-refractivity contribution is -0.136. The summed E-state index contributed by atoms with van der Waals surface area (Å²) in [6.07, 6.45) is 1.16. The zero-order valence-corrected chi connectivity index (χ0v) is 17.1. The van der Waals surface area contributed by atoms with Crippen LogP contribution in [0.1, 0.15) is 18.4 Å². The number of hydrogen-bond acceptors (Lipinski definition) is 3. The summed E-state index contributed by atoms with van der Waals surface area (Å²) >= 11 is 5.81. The van der Waals surface area contributed by atoms with Crippen molar-refractivity contribution >= 4 is 38.5 Å². The van der Waals surface area contributed by atoms with E-state index in [1.165, 1.54) is 6.07 Å². The number of carbonyl (C=O) groups excluding carboxylic acids is 1. The zero-order chi connectivity index (χ0) is 20.4. The summed E-state index contributed by atoms with van der Waals surface area (Å²) in [6.45, 7) is 0.452. The van der Waals surface area contributed by atoms with Crippen molar-refractivity contribution in [2.45, 2.75) is 24.9 Å². The topological polar surface area (TPSA) is 61.4 Å². The molecule has 3 rings (SSSR count). The van der Waals surface area contributed by atoms with Gasteiger partial charge in [0.05, 0.1) is 0 Å². The summed E-state index contributed by atoms with van der Waals surface area (Å²) in [4.78, 5) is 12.3. The molecule has 0 unspecified atom stereocenters. The fourth-order valence-electron chi connectivity index (χ4n) is 3.40. The predicted molar refractivity (Wildman–Crippen MR) is 117 cm³/mol. The molecule has 0 aliphatic carbocycles. The van der Waals surface area contributed by atoms with Crippen LogP contribution < -0.4 is 10.8 Å². The van der Waals surface area contributed by atoms with Gasteiger partial charge in [-0.15, -0.1) is 0 Å². The van der Waals surface area contributed by atoms with Crippen molar-refractivity contribution in [3.8, 4) is 11.1 Å². The van der Waals surface area contributed by atoms with Crippen LogP contribution in [-0.4, -0.2) is 39.9 Å². The fraction of sp³-hybridized carbons (Fsp3) is 0.286. The summed E-state index contributed by atoms with van der Waals surface area (Å²) in [7, 11) is -1.17. The SMILES string of the molecule is C=S1(=C)CCC(NCc2ccc(-c3ccc(Cl)cc3F)cc2)(C(=O)NO)CC1. The first-order chi connectivity index (χ1) is 13.2. The average Bonchev–Trinajstić information content (AvgIpc) is 2.67. The minimum atomic E-state index is -1.17. The summed E-state index contributed by atoms with van der Waals surface area (Å²) in [5, 5.41) is 12.8. The molecule has 0 spiro atoms. The number of nitrogens with one attached hydrogen (secondary N) is 2. The molecule has 2 aromatic rings. The molecule has 0 saturated carbocycles. The Morgan fingerprint density at radius 1 is 1.18 bits per heavy atom. The van der Waals surface area contributed by atoms with E-state index >= 15 is 0 Å². The molecule has 2 aromatic carbocycles. The van der Waals surface area contributed by atoms with Gasteiger partial charge in [-0.05, 0) is 53.7 Å². The molecule has 1 aliphatic heterocycles. The number of rotatable bonds is 5. The Labute approximate surface area is 170 Å². The summed E-state index contributed by atoms with van der Waals surface area (Å²) in [6, 6.07) is 12.1. The molecule has 1 heterocycles. The van der Waals surface area contributed by atoms with E-state index < -0.39 is 20.7 Å². The van der Waals surface area contributed by atoms with Crippen LogP contribution in [0.3, 0.4) is 0 Å². The van der Waals surface area contributed by atoms with Crippen molar-refractivity contribution in [1.82, 2.24) is 10.8 Å². The van der Waals surface area contributed by atoms with Gasteiger partial charge in [-0.3, -0.25) is 15.3 Å². The highest BCUT2D eigenvalue weighted by Gasteiger charge is 2.40. The largest absolute Gasteiger partial charge is 0.299 e. The van der Waals surface area contributed by atoms with Gasteiger partial charge < -0.3 is 0 Å². The van der Waals surface area contributed by atoms with E-state index in [2.05, 4.69) is 17.1 Å². The minimum absolute atomic E-state index is 0.359. The van der Waals surface area contributed by atoms with E-state index in [1.54, 1.807) is 17.6 Å². The van der Waals surface area contributed by atoms with E-state index in [0.29, 0.717) is 30.0 Å². The number of hydrogen-bond donors (Lipinski definition) is 3. The molecule has 28 heavy (non-hydrogen) atoms. The van der Waals surface area contributed by atoms with Crippen molar-refractivity contribution in [3.05, 3.63) is 58.9 Å². The lowest BCUT2D eigenvalue weighted by Crippen LogP contribution is -2.58. The maximum absolute atomic E-state index is 14.1. The molecule has 0 bridgehead atoms. The third-order valence-corrected chi connectivity index (χ3v) is 7.66. The Morgan fingerprint density at radius 2 is 1.82 bits per heavy atom. The lowest BCUT2D eigenvalue weighted by Gasteiger charge is -2.39. The highest BCUT2D eigenvalue weighted by atomic mass is 35.5. The van der Waals surface area contributed by atoms with Crippen LogP contribution in [0.2, 0.25) is 5.02 Å². The second kappa shape index (κ2) is 8.25. The van der Waals surface area contributed by atoms with Gasteiger partial charge >= 0.3 is 0 Å². The van der Waals surface area contributed by atoms with Gasteiger partial charge in [0.15, 0.2) is 0 Å². The second-order valence-corrected chi connectivity index (χ2v) is 11.0. The molecule has 0 atom stereocenters.